The van der Waals surface area contributed by atoms with Crippen molar-refractivity contribution >= 4 is 11.6 Å². The number of fused-ring (bicyclic) bond motifs is 1. The monoisotopic (exact) mass is 266 g/mol. The van der Waals surface area contributed by atoms with Gasteiger partial charge in [0.2, 0.25) is 0 Å². The lowest BCUT2D eigenvalue weighted by Crippen LogP contribution is -2.40. The van der Waals surface area contributed by atoms with E-state index in [0.29, 0.717) is 6.04 Å². The van der Waals surface area contributed by atoms with Crippen molar-refractivity contribution in [2.75, 3.05) is 13.1 Å². The van der Waals surface area contributed by atoms with E-state index in [-0.39, 0.29) is 0 Å². The van der Waals surface area contributed by atoms with Gasteiger partial charge in [-0.1, -0.05) is 25.4 Å². The maximum atomic E-state index is 6.24. The Labute approximate surface area is 115 Å². The molecule has 100 valence electrons. The fourth-order valence-corrected chi connectivity index (χ4v) is 3.21. The zero-order chi connectivity index (χ0) is 13.0. The summed E-state index contributed by atoms with van der Waals surface area (Å²) in [7, 11) is 0. The highest BCUT2D eigenvalue weighted by atomic mass is 35.5. The molecule has 0 N–H and O–H groups in total. The summed E-state index contributed by atoms with van der Waals surface area (Å²) in [5, 5.41) is 0.899. The Morgan fingerprint density at radius 3 is 2.72 bits per heavy atom. The Balaban J connectivity index is 2.10. The van der Waals surface area contributed by atoms with Gasteiger partial charge in [0.1, 0.15) is 0 Å². The van der Waals surface area contributed by atoms with Crippen LogP contribution in [0.2, 0.25) is 5.02 Å². The summed E-state index contributed by atoms with van der Waals surface area (Å²) in [5.41, 5.74) is 2.50. The summed E-state index contributed by atoms with van der Waals surface area (Å²) < 4.78 is 0. The molecule has 0 saturated carbocycles. The number of nitrogens with zero attached hydrogens (tertiary/aromatic N) is 2. The van der Waals surface area contributed by atoms with Crippen molar-refractivity contribution in [2.24, 2.45) is 0 Å². The van der Waals surface area contributed by atoms with Gasteiger partial charge in [0.05, 0.1) is 0 Å². The molecule has 0 fully saturated rings. The number of halogens is 1. The topological polar surface area (TPSA) is 16.1 Å². The van der Waals surface area contributed by atoms with Crippen molar-refractivity contribution in [2.45, 2.75) is 52.0 Å². The van der Waals surface area contributed by atoms with E-state index in [1.165, 1.54) is 43.6 Å². The normalized spacial score (nSPS) is 19.0. The summed E-state index contributed by atoms with van der Waals surface area (Å²) in [6, 6.07) is 2.57. The summed E-state index contributed by atoms with van der Waals surface area (Å²) in [4.78, 5) is 7.15. The first-order chi connectivity index (χ1) is 8.76. The Hall–Kier alpha value is -0.600. The summed E-state index contributed by atoms with van der Waals surface area (Å²) in [5.74, 6) is 0. The predicted molar refractivity (Wildman–Crippen MR) is 77.2 cm³/mol. The van der Waals surface area contributed by atoms with Crippen molar-refractivity contribution in [3.63, 3.8) is 0 Å². The molecule has 0 radical (unpaired) electrons. The second kappa shape index (κ2) is 6.53. The zero-order valence-electron chi connectivity index (χ0n) is 11.5. The van der Waals surface area contributed by atoms with Gasteiger partial charge in [0, 0.05) is 29.4 Å². The van der Waals surface area contributed by atoms with Gasteiger partial charge in [-0.25, -0.2) is 0 Å². The minimum atomic E-state index is 0.656. The van der Waals surface area contributed by atoms with Crippen LogP contribution >= 0.6 is 11.6 Å². The molecule has 3 heteroatoms. The van der Waals surface area contributed by atoms with Gasteiger partial charge in [-0.2, -0.15) is 0 Å². The molecule has 2 nitrogen and oxygen atoms in total. The van der Waals surface area contributed by atoms with Gasteiger partial charge in [-0.3, -0.25) is 4.98 Å². The smallest absolute Gasteiger partial charge is 0.0471 e. The van der Waals surface area contributed by atoms with Gasteiger partial charge >= 0.3 is 0 Å². The molecule has 1 unspecified atom stereocenters. The molecular formula is C15H23ClN2. The lowest BCUT2D eigenvalue weighted by Gasteiger charge is -2.34. The molecule has 0 spiro atoms. The van der Waals surface area contributed by atoms with Crippen LogP contribution in [0.25, 0.3) is 0 Å². The molecule has 18 heavy (non-hydrogen) atoms. The summed E-state index contributed by atoms with van der Waals surface area (Å²) in [6.45, 7) is 6.92. The van der Waals surface area contributed by atoms with Gasteiger partial charge in [-0.05, 0) is 50.4 Å². The Kier molecular flexibility index (Phi) is 5.02. The van der Waals surface area contributed by atoms with Crippen LogP contribution in [0.4, 0.5) is 0 Å². The van der Waals surface area contributed by atoms with Crippen LogP contribution in [0.15, 0.2) is 12.3 Å². The van der Waals surface area contributed by atoms with E-state index in [0.717, 1.165) is 17.9 Å². The second-order valence-corrected chi connectivity index (χ2v) is 5.56. The van der Waals surface area contributed by atoms with Gasteiger partial charge in [0.25, 0.3) is 0 Å². The van der Waals surface area contributed by atoms with Gasteiger partial charge in [-0.15, -0.1) is 0 Å². The summed E-state index contributed by atoms with van der Waals surface area (Å²) >= 11 is 6.24. The van der Waals surface area contributed by atoms with E-state index in [2.05, 4.69) is 23.7 Å². The Morgan fingerprint density at radius 1 is 1.33 bits per heavy atom. The van der Waals surface area contributed by atoms with E-state index in [1.807, 2.05) is 12.3 Å². The highest BCUT2D eigenvalue weighted by Crippen LogP contribution is 2.28. The van der Waals surface area contributed by atoms with Gasteiger partial charge < -0.3 is 4.90 Å². The number of hydrogen-bond acceptors (Lipinski definition) is 2. The van der Waals surface area contributed by atoms with Crippen molar-refractivity contribution in [1.29, 1.82) is 0 Å². The maximum Gasteiger partial charge on any atom is 0.0471 e. The van der Waals surface area contributed by atoms with Crippen molar-refractivity contribution in [1.82, 2.24) is 9.88 Å². The summed E-state index contributed by atoms with van der Waals surface area (Å²) in [6.07, 6.45) is 7.66. The molecule has 0 aromatic carbocycles. The molecule has 1 aromatic heterocycles. The van der Waals surface area contributed by atoms with Crippen LogP contribution in [0.1, 0.15) is 44.4 Å². The van der Waals surface area contributed by atoms with Crippen LogP contribution in [-0.4, -0.2) is 29.0 Å². The van der Waals surface area contributed by atoms with Crippen LogP contribution in [0.5, 0.6) is 0 Å². The van der Waals surface area contributed by atoms with E-state index in [9.17, 15) is 0 Å². The zero-order valence-corrected chi connectivity index (χ0v) is 12.2. The number of hydrogen-bond donors (Lipinski definition) is 0. The Bertz CT molecular complexity index is 386. The largest absolute Gasteiger partial charge is 0.300 e. The number of rotatable bonds is 5. The van der Waals surface area contributed by atoms with E-state index < -0.39 is 0 Å². The number of pyridine rings is 1. The second-order valence-electron chi connectivity index (χ2n) is 5.15. The molecule has 0 aliphatic heterocycles. The van der Waals surface area contributed by atoms with Crippen LogP contribution < -0.4 is 0 Å². The van der Waals surface area contributed by atoms with Crippen LogP contribution in [0.3, 0.4) is 0 Å². The minimum Gasteiger partial charge on any atom is -0.300 e. The highest BCUT2D eigenvalue weighted by Gasteiger charge is 2.25. The lowest BCUT2D eigenvalue weighted by molar-refractivity contribution is 0.178. The number of aromatic nitrogens is 1. The molecule has 0 amide bonds. The molecule has 1 aromatic rings. The first kappa shape index (κ1) is 13.8. The predicted octanol–water partition coefficient (Wildman–Crippen LogP) is 3.71. The molecule has 0 bridgehead atoms. The molecule has 1 heterocycles. The highest BCUT2D eigenvalue weighted by molar-refractivity contribution is 6.31. The molecule has 1 atom stereocenters. The molecule has 0 saturated heterocycles. The first-order valence-corrected chi connectivity index (χ1v) is 7.50. The fourth-order valence-electron chi connectivity index (χ4n) is 2.95. The van der Waals surface area contributed by atoms with Crippen molar-refractivity contribution in [3.8, 4) is 0 Å². The first-order valence-electron chi connectivity index (χ1n) is 7.12. The third-order valence-electron chi connectivity index (χ3n) is 3.78. The SMILES string of the molecule is CCCN(CCC)C1CCc2c(Cl)ccnc2C1. The molecule has 2 rings (SSSR count). The maximum absolute atomic E-state index is 6.24. The lowest BCUT2D eigenvalue weighted by atomic mass is 9.90. The molecule has 1 aliphatic carbocycles. The third kappa shape index (κ3) is 3.04. The van der Waals surface area contributed by atoms with E-state index in [1.54, 1.807) is 0 Å². The van der Waals surface area contributed by atoms with Crippen molar-refractivity contribution in [3.05, 3.63) is 28.5 Å². The molecular weight excluding hydrogens is 244 g/mol. The quantitative estimate of drug-likeness (QED) is 0.808. The Morgan fingerprint density at radius 2 is 2.06 bits per heavy atom. The van der Waals surface area contributed by atoms with Crippen LogP contribution in [-0.2, 0) is 12.8 Å². The molecule has 1 aliphatic rings. The standard InChI is InChI=1S/C15H23ClN2/c1-3-9-18(10-4-2)12-5-6-13-14(16)7-8-17-15(13)11-12/h7-8,12H,3-6,9-11H2,1-2H3. The van der Waals surface area contributed by atoms with Crippen LogP contribution in [0, 0.1) is 0 Å². The average molecular weight is 267 g/mol. The average Bonchev–Trinajstić information content (AvgIpc) is 2.38. The fraction of sp³-hybridized carbons (Fsp3) is 0.667. The van der Waals surface area contributed by atoms with Crippen molar-refractivity contribution < 1.29 is 0 Å². The van der Waals surface area contributed by atoms with E-state index in [4.69, 9.17) is 11.6 Å². The van der Waals surface area contributed by atoms with E-state index >= 15 is 0 Å². The van der Waals surface area contributed by atoms with Gasteiger partial charge in [0.15, 0.2) is 0 Å². The third-order valence-corrected chi connectivity index (χ3v) is 4.14. The minimum absolute atomic E-state index is 0.656.